The monoisotopic (exact) mass is 255 g/mol. The van der Waals surface area contributed by atoms with E-state index in [4.69, 9.17) is 17.3 Å². The maximum absolute atomic E-state index is 11.5. The van der Waals surface area contributed by atoms with Gasteiger partial charge in [-0.05, 0) is 12.2 Å². The maximum atomic E-state index is 11.5. The number of ether oxygens (including phenoxy) is 1. The van der Waals surface area contributed by atoms with Crippen LogP contribution in [0.4, 0.5) is 4.79 Å². The zero-order valence-corrected chi connectivity index (χ0v) is 9.31. The predicted octanol–water partition coefficient (Wildman–Crippen LogP) is -0.0893. The molecule has 0 aromatic heterocycles. The first-order chi connectivity index (χ1) is 7.99. The van der Waals surface area contributed by atoms with Gasteiger partial charge in [0.2, 0.25) is 12.3 Å². The Bertz CT molecular complexity index is 518. The summed E-state index contributed by atoms with van der Waals surface area (Å²) in [5.41, 5.74) is 5.36. The summed E-state index contributed by atoms with van der Waals surface area (Å²) in [7, 11) is 0. The van der Waals surface area contributed by atoms with E-state index in [1.54, 1.807) is 0 Å². The number of allylic oxidation sites excluding steroid dienone is 3. The van der Waals surface area contributed by atoms with E-state index in [9.17, 15) is 14.4 Å². The van der Waals surface area contributed by atoms with Crippen LogP contribution in [0.25, 0.3) is 0 Å². The third-order valence-electron chi connectivity index (χ3n) is 2.35. The summed E-state index contributed by atoms with van der Waals surface area (Å²) in [5, 5.41) is 0.365. The average molecular weight is 256 g/mol. The fourth-order valence-electron chi connectivity index (χ4n) is 1.64. The molecule has 2 amide bonds. The molecule has 0 saturated carbocycles. The van der Waals surface area contributed by atoms with E-state index in [0.717, 1.165) is 4.58 Å². The molecule has 1 atom stereocenters. The quantitative estimate of drug-likeness (QED) is 0.424. The zero-order chi connectivity index (χ0) is 12.6. The Hall–Kier alpha value is -1.95. The van der Waals surface area contributed by atoms with Crippen LogP contribution in [0.15, 0.2) is 23.3 Å². The Balaban J connectivity index is 2.49. The van der Waals surface area contributed by atoms with Gasteiger partial charge in [-0.1, -0.05) is 11.6 Å². The van der Waals surface area contributed by atoms with Gasteiger partial charge in [-0.15, -0.1) is 4.58 Å². The molecule has 0 bridgehead atoms. The Kier molecular flexibility index (Phi) is 2.81. The highest BCUT2D eigenvalue weighted by Gasteiger charge is 2.43. The molecule has 7 heteroatoms. The summed E-state index contributed by atoms with van der Waals surface area (Å²) in [6.07, 6.45) is 3.55. The second-order valence-corrected chi connectivity index (χ2v) is 3.96. The van der Waals surface area contributed by atoms with Crippen LogP contribution in [-0.2, 0) is 14.3 Å². The highest BCUT2D eigenvalue weighted by molar-refractivity contribution is 6.33. The van der Waals surface area contributed by atoms with Crippen molar-refractivity contribution in [1.29, 1.82) is 0 Å². The molecule has 0 fully saturated rings. The number of primary amides is 1. The lowest BCUT2D eigenvalue weighted by Gasteiger charge is -2.17. The van der Waals surface area contributed by atoms with Gasteiger partial charge in [-0.25, -0.2) is 0 Å². The minimum atomic E-state index is -0.906. The smallest absolute Gasteiger partial charge is 0.364 e. The van der Waals surface area contributed by atoms with Crippen LogP contribution in [-0.4, -0.2) is 34.8 Å². The van der Waals surface area contributed by atoms with Gasteiger partial charge < -0.3 is 10.5 Å². The van der Waals surface area contributed by atoms with Crippen LogP contribution in [0.2, 0.25) is 0 Å². The molecule has 1 heterocycles. The standard InChI is InChI=1S/C10H7ClN2O4/c11-5-1-2-7-6(3-5)9(15)17-10(16)13(7)4-8(12)14/h1-3,6H,4H2,(H-,12,14)/p+1. The predicted molar refractivity (Wildman–Crippen MR) is 57.4 cm³/mol. The molecule has 2 aliphatic rings. The Morgan fingerprint density at radius 3 is 2.82 bits per heavy atom. The highest BCUT2D eigenvalue weighted by Crippen LogP contribution is 2.22. The van der Waals surface area contributed by atoms with Crippen molar-refractivity contribution >= 4 is 35.3 Å². The third-order valence-corrected chi connectivity index (χ3v) is 2.60. The van der Waals surface area contributed by atoms with Crippen LogP contribution >= 0.6 is 11.6 Å². The van der Waals surface area contributed by atoms with Crippen molar-refractivity contribution in [1.82, 2.24) is 0 Å². The van der Waals surface area contributed by atoms with Gasteiger partial charge in [0.1, 0.15) is 0 Å². The molecule has 0 spiro atoms. The number of carbonyl (C=O) groups is 3. The molecule has 0 aromatic rings. The first-order valence-corrected chi connectivity index (χ1v) is 5.10. The molecule has 0 radical (unpaired) electrons. The van der Waals surface area contributed by atoms with Crippen molar-refractivity contribution < 1.29 is 23.7 Å². The van der Waals surface area contributed by atoms with E-state index < -0.39 is 23.9 Å². The highest BCUT2D eigenvalue weighted by atomic mass is 35.5. The van der Waals surface area contributed by atoms with E-state index in [0.29, 0.717) is 10.7 Å². The van der Waals surface area contributed by atoms with Gasteiger partial charge in [0, 0.05) is 11.1 Å². The van der Waals surface area contributed by atoms with E-state index in [1.807, 2.05) is 0 Å². The van der Waals surface area contributed by atoms with Gasteiger partial charge in [-0.3, -0.25) is 9.59 Å². The summed E-state index contributed by atoms with van der Waals surface area (Å²) in [5.74, 6) is -2.19. The number of cyclic esters (lactones) is 2. The van der Waals surface area contributed by atoms with Crippen LogP contribution in [0.5, 0.6) is 0 Å². The number of nitrogens with two attached hydrogens (primary N) is 1. The first kappa shape index (κ1) is 11.5. The molecule has 0 saturated heterocycles. The van der Waals surface area contributed by atoms with Crippen molar-refractivity contribution in [2.24, 2.45) is 11.7 Å². The number of carbonyl (C=O) groups excluding carboxylic acids is 3. The number of nitrogens with zero attached hydrogens (tertiary/aromatic N) is 1. The van der Waals surface area contributed by atoms with Gasteiger partial charge in [-0.2, -0.15) is 4.79 Å². The number of hydrogen-bond acceptors (Lipinski definition) is 4. The second kappa shape index (κ2) is 4.14. The number of esters is 1. The SMILES string of the molecule is NC(=O)C[N+]1=C2C=CC(Cl)=CC2C(=O)OC1=O. The van der Waals surface area contributed by atoms with E-state index in [2.05, 4.69) is 4.74 Å². The molecule has 2 rings (SSSR count). The number of fused-ring (bicyclic) bond motifs is 1. The van der Waals surface area contributed by atoms with E-state index in [1.165, 1.54) is 18.2 Å². The van der Waals surface area contributed by atoms with Gasteiger partial charge in [0.15, 0.2) is 5.92 Å². The lowest BCUT2D eigenvalue weighted by molar-refractivity contribution is -0.437. The molecule has 6 nitrogen and oxygen atoms in total. The van der Waals surface area contributed by atoms with Crippen LogP contribution in [0.3, 0.4) is 0 Å². The molecule has 1 unspecified atom stereocenters. The van der Waals surface area contributed by atoms with Crippen molar-refractivity contribution in [2.45, 2.75) is 0 Å². The lowest BCUT2D eigenvalue weighted by Crippen LogP contribution is -2.46. The number of rotatable bonds is 2. The molecule has 2 N–H and O–H groups in total. The van der Waals surface area contributed by atoms with E-state index in [-0.39, 0.29) is 6.54 Å². The Morgan fingerprint density at radius 2 is 2.18 bits per heavy atom. The fraction of sp³-hybridized carbons (Fsp3) is 0.200. The normalized spacial score (nSPS) is 23.1. The first-order valence-electron chi connectivity index (χ1n) is 4.73. The van der Waals surface area contributed by atoms with E-state index >= 15 is 0 Å². The van der Waals surface area contributed by atoms with Crippen molar-refractivity contribution in [2.75, 3.05) is 6.54 Å². The minimum Gasteiger partial charge on any atom is -0.364 e. The Labute approximate surface area is 101 Å². The summed E-state index contributed by atoms with van der Waals surface area (Å²) in [4.78, 5) is 33.8. The molecule has 17 heavy (non-hydrogen) atoms. The number of amides is 2. The molecule has 0 aromatic carbocycles. The summed E-state index contributed by atoms with van der Waals surface area (Å²) in [6.45, 7) is -0.340. The van der Waals surface area contributed by atoms with Crippen molar-refractivity contribution in [3.8, 4) is 0 Å². The zero-order valence-electron chi connectivity index (χ0n) is 8.55. The Morgan fingerprint density at radius 1 is 1.47 bits per heavy atom. The summed E-state index contributed by atoms with van der Waals surface area (Å²) < 4.78 is 5.52. The molecular weight excluding hydrogens is 248 g/mol. The molecular formula is C10H8ClN2O4+. The average Bonchev–Trinajstić information content (AvgIpc) is 2.24. The number of hydrogen-bond donors (Lipinski definition) is 1. The van der Waals surface area contributed by atoms with Gasteiger partial charge >= 0.3 is 12.1 Å². The van der Waals surface area contributed by atoms with Crippen LogP contribution in [0, 0.1) is 5.92 Å². The van der Waals surface area contributed by atoms with Crippen LogP contribution < -0.4 is 5.73 Å². The molecule has 1 aliphatic carbocycles. The largest absolute Gasteiger partial charge is 0.605 e. The fourth-order valence-corrected chi connectivity index (χ4v) is 1.83. The summed E-state index contributed by atoms with van der Waals surface area (Å²) >= 11 is 5.75. The van der Waals surface area contributed by atoms with Crippen LogP contribution in [0.1, 0.15) is 0 Å². The number of halogens is 1. The topological polar surface area (TPSA) is 89.5 Å². The lowest BCUT2D eigenvalue weighted by atomic mass is 9.97. The summed E-state index contributed by atoms with van der Waals surface area (Å²) in [6, 6.07) is 0. The van der Waals surface area contributed by atoms with Crippen molar-refractivity contribution in [3.05, 3.63) is 23.3 Å². The second-order valence-electron chi connectivity index (χ2n) is 3.53. The minimum absolute atomic E-state index is 0.340. The van der Waals surface area contributed by atoms with Gasteiger partial charge in [0.05, 0.1) is 0 Å². The maximum Gasteiger partial charge on any atom is 0.605 e. The van der Waals surface area contributed by atoms with Crippen molar-refractivity contribution in [3.63, 3.8) is 0 Å². The van der Waals surface area contributed by atoms with Gasteiger partial charge in [0.25, 0.3) is 5.91 Å². The molecule has 88 valence electrons. The molecule has 1 aliphatic heterocycles. The third kappa shape index (κ3) is 2.12.